The fraction of sp³-hybridized carbons (Fsp3) is 0.941. The number of carbonyl (C=O) groups is 1. The monoisotopic (exact) mass is 267 g/mol. The zero-order chi connectivity index (χ0) is 14.6. The first-order valence-electron chi connectivity index (χ1n) is 7.98. The van der Waals surface area contributed by atoms with E-state index < -0.39 is 0 Å². The van der Waals surface area contributed by atoms with Gasteiger partial charge in [0.1, 0.15) is 0 Å². The molecule has 1 unspecified atom stereocenters. The van der Waals surface area contributed by atoms with Gasteiger partial charge in [0.15, 0.2) is 0 Å². The van der Waals surface area contributed by atoms with E-state index in [1.807, 2.05) is 0 Å². The van der Waals surface area contributed by atoms with Crippen LogP contribution < -0.4 is 5.32 Å². The Morgan fingerprint density at radius 3 is 2.05 bits per heavy atom. The maximum Gasteiger partial charge on any atom is 0.223 e. The zero-order valence-corrected chi connectivity index (χ0v) is 13.8. The third kappa shape index (κ3) is 5.54. The predicted molar refractivity (Wildman–Crippen MR) is 81.9 cm³/mol. The molecule has 19 heavy (non-hydrogen) atoms. The SMILES string of the molecule is CC(C)C(C)C1CCC(C(=O)NCC(C)(C)C)CC1. The van der Waals surface area contributed by atoms with Crippen LogP contribution in [0.15, 0.2) is 0 Å². The summed E-state index contributed by atoms with van der Waals surface area (Å²) in [5.74, 6) is 2.92. The molecule has 1 amide bonds. The van der Waals surface area contributed by atoms with Crippen molar-refractivity contribution in [2.24, 2.45) is 29.1 Å². The summed E-state index contributed by atoms with van der Waals surface area (Å²) in [6, 6.07) is 0. The summed E-state index contributed by atoms with van der Waals surface area (Å²) >= 11 is 0. The first-order valence-corrected chi connectivity index (χ1v) is 7.98. The van der Waals surface area contributed by atoms with Crippen molar-refractivity contribution in [1.82, 2.24) is 5.32 Å². The largest absolute Gasteiger partial charge is 0.355 e. The molecule has 1 N–H and O–H groups in total. The molecule has 0 spiro atoms. The van der Waals surface area contributed by atoms with Crippen molar-refractivity contribution < 1.29 is 4.79 Å². The number of hydrogen-bond donors (Lipinski definition) is 1. The smallest absolute Gasteiger partial charge is 0.223 e. The Balaban J connectivity index is 2.35. The Morgan fingerprint density at radius 2 is 1.63 bits per heavy atom. The van der Waals surface area contributed by atoms with Gasteiger partial charge < -0.3 is 5.32 Å². The third-order valence-electron chi connectivity index (χ3n) is 4.73. The van der Waals surface area contributed by atoms with E-state index in [0.717, 1.165) is 37.1 Å². The van der Waals surface area contributed by atoms with Crippen LogP contribution >= 0.6 is 0 Å². The summed E-state index contributed by atoms with van der Waals surface area (Å²) in [5, 5.41) is 3.12. The second kappa shape index (κ2) is 6.76. The van der Waals surface area contributed by atoms with Crippen LogP contribution in [0, 0.1) is 29.1 Å². The van der Waals surface area contributed by atoms with E-state index in [1.165, 1.54) is 12.8 Å². The molecular formula is C17H33NO. The first kappa shape index (κ1) is 16.5. The number of carbonyl (C=O) groups excluding carboxylic acids is 1. The average molecular weight is 267 g/mol. The average Bonchev–Trinajstić information content (AvgIpc) is 2.34. The summed E-state index contributed by atoms with van der Waals surface area (Å²) in [4.78, 5) is 12.1. The highest BCUT2D eigenvalue weighted by atomic mass is 16.1. The van der Waals surface area contributed by atoms with Gasteiger partial charge in [0.05, 0.1) is 0 Å². The van der Waals surface area contributed by atoms with Gasteiger partial charge in [-0.05, 0) is 48.9 Å². The predicted octanol–water partition coefficient (Wildman–Crippen LogP) is 4.25. The molecule has 112 valence electrons. The number of hydrogen-bond acceptors (Lipinski definition) is 1. The van der Waals surface area contributed by atoms with Gasteiger partial charge in [-0.2, -0.15) is 0 Å². The van der Waals surface area contributed by atoms with Gasteiger partial charge in [0.25, 0.3) is 0 Å². The summed E-state index contributed by atoms with van der Waals surface area (Å²) in [7, 11) is 0. The number of rotatable bonds is 4. The maximum atomic E-state index is 12.1. The third-order valence-corrected chi connectivity index (χ3v) is 4.73. The fourth-order valence-corrected chi connectivity index (χ4v) is 2.95. The van der Waals surface area contributed by atoms with Crippen molar-refractivity contribution in [2.75, 3.05) is 6.54 Å². The maximum absolute atomic E-state index is 12.1. The van der Waals surface area contributed by atoms with Crippen LogP contribution in [0.1, 0.15) is 67.2 Å². The molecule has 1 saturated carbocycles. The molecule has 0 aliphatic heterocycles. The lowest BCUT2D eigenvalue weighted by Gasteiger charge is -2.34. The van der Waals surface area contributed by atoms with Gasteiger partial charge in [-0.25, -0.2) is 0 Å². The number of nitrogens with one attached hydrogen (secondary N) is 1. The van der Waals surface area contributed by atoms with Gasteiger partial charge in [0.2, 0.25) is 5.91 Å². The first-order chi connectivity index (χ1) is 8.70. The van der Waals surface area contributed by atoms with Crippen LogP contribution in [0.3, 0.4) is 0 Å². The van der Waals surface area contributed by atoms with E-state index in [9.17, 15) is 4.79 Å². The Labute approximate surface area is 119 Å². The lowest BCUT2D eigenvalue weighted by atomic mass is 9.73. The lowest BCUT2D eigenvalue weighted by molar-refractivity contribution is -0.126. The topological polar surface area (TPSA) is 29.1 Å². The summed E-state index contributed by atoms with van der Waals surface area (Å²) < 4.78 is 0. The molecule has 0 saturated heterocycles. The Kier molecular flexibility index (Phi) is 5.88. The van der Waals surface area contributed by atoms with Crippen molar-refractivity contribution in [3.8, 4) is 0 Å². The second-order valence-corrected chi connectivity index (χ2v) is 7.99. The van der Waals surface area contributed by atoms with Crippen LogP contribution in [0.2, 0.25) is 0 Å². The van der Waals surface area contributed by atoms with Crippen LogP contribution in [0.4, 0.5) is 0 Å². The van der Waals surface area contributed by atoms with Crippen molar-refractivity contribution >= 4 is 5.91 Å². The minimum atomic E-state index is 0.180. The Hall–Kier alpha value is -0.530. The minimum absolute atomic E-state index is 0.180. The summed E-state index contributed by atoms with van der Waals surface area (Å²) in [6.07, 6.45) is 4.62. The molecule has 0 aromatic heterocycles. The van der Waals surface area contributed by atoms with Crippen molar-refractivity contribution in [3.05, 3.63) is 0 Å². The van der Waals surface area contributed by atoms with E-state index >= 15 is 0 Å². The fourth-order valence-electron chi connectivity index (χ4n) is 2.95. The molecular weight excluding hydrogens is 234 g/mol. The Bertz CT molecular complexity index is 282. The molecule has 0 bridgehead atoms. The molecule has 2 nitrogen and oxygen atoms in total. The van der Waals surface area contributed by atoms with Gasteiger partial charge in [-0.1, -0.05) is 41.5 Å². The van der Waals surface area contributed by atoms with Crippen molar-refractivity contribution in [1.29, 1.82) is 0 Å². The summed E-state index contributed by atoms with van der Waals surface area (Å²) in [5.41, 5.74) is 0.180. The standard InChI is InChI=1S/C17H33NO/c1-12(2)13(3)14-7-9-15(10-8-14)16(19)18-11-17(4,5)6/h12-15H,7-11H2,1-6H3,(H,18,19). The van der Waals surface area contributed by atoms with E-state index in [1.54, 1.807) is 0 Å². The van der Waals surface area contributed by atoms with Crippen LogP contribution in [-0.4, -0.2) is 12.5 Å². The van der Waals surface area contributed by atoms with E-state index in [4.69, 9.17) is 0 Å². The highest BCUT2D eigenvalue weighted by molar-refractivity contribution is 5.78. The van der Waals surface area contributed by atoms with E-state index in [0.29, 0.717) is 0 Å². The summed E-state index contributed by atoms with van der Waals surface area (Å²) in [6.45, 7) is 14.3. The van der Waals surface area contributed by atoms with E-state index in [-0.39, 0.29) is 17.2 Å². The van der Waals surface area contributed by atoms with Gasteiger partial charge in [-0.15, -0.1) is 0 Å². The molecule has 1 rings (SSSR count). The molecule has 1 atom stereocenters. The van der Waals surface area contributed by atoms with Gasteiger partial charge >= 0.3 is 0 Å². The second-order valence-electron chi connectivity index (χ2n) is 7.99. The molecule has 1 aliphatic carbocycles. The highest BCUT2D eigenvalue weighted by Crippen LogP contribution is 2.36. The molecule has 0 aromatic carbocycles. The van der Waals surface area contributed by atoms with Crippen LogP contribution in [0.5, 0.6) is 0 Å². The van der Waals surface area contributed by atoms with Gasteiger partial charge in [0, 0.05) is 12.5 Å². The molecule has 2 heteroatoms. The van der Waals surface area contributed by atoms with Crippen LogP contribution in [-0.2, 0) is 4.79 Å². The number of amides is 1. The molecule has 0 radical (unpaired) electrons. The van der Waals surface area contributed by atoms with Crippen molar-refractivity contribution in [3.63, 3.8) is 0 Å². The minimum Gasteiger partial charge on any atom is -0.355 e. The normalized spacial score (nSPS) is 26.3. The van der Waals surface area contributed by atoms with Crippen LogP contribution in [0.25, 0.3) is 0 Å². The molecule has 0 heterocycles. The van der Waals surface area contributed by atoms with E-state index in [2.05, 4.69) is 46.9 Å². The zero-order valence-electron chi connectivity index (χ0n) is 13.8. The molecule has 1 fully saturated rings. The quantitative estimate of drug-likeness (QED) is 0.810. The van der Waals surface area contributed by atoms with Crippen molar-refractivity contribution in [2.45, 2.75) is 67.2 Å². The molecule has 0 aromatic rings. The van der Waals surface area contributed by atoms with Gasteiger partial charge in [-0.3, -0.25) is 4.79 Å². The lowest BCUT2D eigenvalue weighted by Crippen LogP contribution is -2.38. The highest BCUT2D eigenvalue weighted by Gasteiger charge is 2.30. The Morgan fingerprint density at radius 1 is 1.11 bits per heavy atom. The molecule has 1 aliphatic rings.